The van der Waals surface area contributed by atoms with Gasteiger partial charge in [-0.3, -0.25) is 14.4 Å². The van der Waals surface area contributed by atoms with Crippen molar-refractivity contribution >= 4 is 23.5 Å². The first-order valence-corrected chi connectivity index (χ1v) is 7.14. The lowest BCUT2D eigenvalue weighted by Crippen LogP contribution is -2.40. The van der Waals surface area contributed by atoms with E-state index in [4.69, 9.17) is 21.5 Å². The largest absolute Gasteiger partial charge is 0.490 e. The number of hydrogen-bond acceptors (Lipinski definition) is 4. The van der Waals surface area contributed by atoms with Gasteiger partial charge in [0.2, 0.25) is 0 Å². The molecule has 0 radical (unpaired) electrons. The second-order valence-electron chi connectivity index (χ2n) is 4.72. The van der Waals surface area contributed by atoms with Crippen LogP contribution in [0.5, 0.6) is 0 Å². The van der Waals surface area contributed by atoms with Gasteiger partial charge in [-0.15, -0.1) is 0 Å². The van der Waals surface area contributed by atoms with Crippen molar-refractivity contribution in [1.29, 1.82) is 0 Å². The lowest BCUT2D eigenvalue weighted by atomic mass is 10.3. The molecule has 24 heavy (non-hydrogen) atoms. The van der Waals surface area contributed by atoms with Crippen LogP contribution >= 0.6 is 11.6 Å². The number of halogens is 5. The molecule has 7 nitrogen and oxygen atoms in total. The standard InChI is InChI=1S/C10H14ClFN4O.C2HF3O2/c11-9(12)10(17)13-3-4-15-5-6-16-8(7-15)1-2-14-16;3-2(4,5)1(6)7/h1-2,9H,3-7H2,(H,13,17);(H,6,7). The Balaban J connectivity index is 0.000000351. The van der Waals surface area contributed by atoms with Crippen LogP contribution in [0.3, 0.4) is 0 Å². The molecular weight excluding hydrogens is 360 g/mol. The molecule has 0 fully saturated rings. The van der Waals surface area contributed by atoms with Gasteiger partial charge in [0.15, 0.2) is 0 Å². The molecule has 1 aliphatic heterocycles. The van der Waals surface area contributed by atoms with Gasteiger partial charge in [-0.1, -0.05) is 11.6 Å². The number of nitrogens with zero attached hydrogens (tertiary/aromatic N) is 3. The highest BCUT2D eigenvalue weighted by atomic mass is 35.5. The third-order valence-electron chi connectivity index (χ3n) is 2.99. The van der Waals surface area contributed by atoms with E-state index in [1.54, 1.807) is 6.20 Å². The molecule has 0 aliphatic carbocycles. The Labute approximate surface area is 139 Å². The minimum atomic E-state index is -5.08. The maximum Gasteiger partial charge on any atom is 0.490 e. The van der Waals surface area contributed by atoms with E-state index in [0.717, 1.165) is 25.3 Å². The maximum absolute atomic E-state index is 12.3. The molecule has 2 rings (SSSR count). The molecule has 12 heteroatoms. The van der Waals surface area contributed by atoms with Crippen molar-refractivity contribution in [3.05, 3.63) is 18.0 Å². The summed E-state index contributed by atoms with van der Waals surface area (Å²) in [6.07, 6.45) is -3.30. The second-order valence-corrected chi connectivity index (χ2v) is 5.10. The molecule has 0 bridgehead atoms. The number of carbonyl (C=O) groups is 2. The Morgan fingerprint density at radius 2 is 2.04 bits per heavy atom. The fourth-order valence-electron chi connectivity index (χ4n) is 1.85. The monoisotopic (exact) mass is 374 g/mol. The van der Waals surface area contributed by atoms with E-state index in [9.17, 15) is 22.4 Å². The Morgan fingerprint density at radius 3 is 2.58 bits per heavy atom. The molecule has 2 N–H and O–H groups in total. The first kappa shape index (κ1) is 20.2. The summed E-state index contributed by atoms with van der Waals surface area (Å²) in [4.78, 5) is 22.0. The smallest absolute Gasteiger partial charge is 0.475 e. The van der Waals surface area contributed by atoms with Crippen LogP contribution in [0, 0.1) is 0 Å². The number of hydrogen-bond donors (Lipinski definition) is 2. The van der Waals surface area contributed by atoms with Crippen molar-refractivity contribution in [2.45, 2.75) is 24.9 Å². The predicted molar refractivity (Wildman–Crippen MR) is 75.0 cm³/mol. The number of alkyl halides is 5. The number of amides is 1. The highest BCUT2D eigenvalue weighted by Gasteiger charge is 2.38. The topological polar surface area (TPSA) is 87.5 Å². The minimum absolute atomic E-state index is 0.403. The first-order valence-electron chi connectivity index (χ1n) is 6.70. The summed E-state index contributed by atoms with van der Waals surface area (Å²) in [7, 11) is 0. The van der Waals surface area contributed by atoms with Crippen molar-refractivity contribution in [3.8, 4) is 0 Å². The molecule has 2 heterocycles. The van der Waals surface area contributed by atoms with Gasteiger partial charge < -0.3 is 10.4 Å². The van der Waals surface area contributed by atoms with E-state index in [1.165, 1.54) is 0 Å². The molecule has 1 atom stereocenters. The Hall–Kier alpha value is -1.88. The van der Waals surface area contributed by atoms with E-state index >= 15 is 0 Å². The summed E-state index contributed by atoms with van der Waals surface area (Å²) >= 11 is 5.00. The Kier molecular flexibility index (Phi) is 7.42. The number of carboxylic acid groups (broad SMARTS) is 1. The minimum Gasteiger partial charge on any atom is -0.475 e. The van der Waals surface area contributed by atoms with Gasteiger partial charge in [-0.2, -0.15) is 18.3 Å². The number of nitrogens with one attached hydrogen (secondary N) is 1. The SMILES string of the molecule is O=C(NCCN1CCn2nccc2C1)C(F)Cl.O=C(O)C(F)(F)F. The molecule has 0 saturated carbocycles. The molecule has 136 valence electrons. The van der Waals surface area contributed by atoms with Gasteiger partial charge in [-0.05, 0) is 6.07 Å². The van der Waals surface area contributed by atoms with Gasteiger partial charge in [-0.25, -0.2) is 9.18 Å². The highest BCUT2D eigenvalue weighted by Crippen LogP contribution is 2.13. The summed E-state index contributed by atoms with van der Waals surface area (Å²) in [6.45, 7) is 3.61. The molecule has 1 aromatic heterocycles. The van der Waals surface area contributed by atoms with Crippen molar-refractivity contribution < 1.29 is 32.3 Å². The quantitative estimate of drug-likeness (QED) is 0.606. The lowest BCUT2D eigenvalue weighted by Gasteiger charge is -2.27. The molecule has 1 aliphatic rings. The van der Waals surface area contributed by atoms with Crippen molar-refractivity contribution in [2.75, 3.05) is 19.6 Å². The van der Waals surface area contributed by atoms with Crippen LogP contribution in [0.4, 0.5) is 17.6 Å². The van der Waals surface area contributed by atoms with Crippen LogP contribution in [0.25, 0.3) is 0 Å². The zero-order valence-electron chi connectivity index (χ0n) is 12.3. The van der Waals surface area contributed by atoms with Crippen molar-refractivity contribution in [1.82, 2.24) is 20.0 Å². The number of aromatic nitrogens is 2. The number of fused-ring (bicyclic) bond motifs is 1. The molecule has 0 aromatic carbocycles. The highest BCUT2D eigenvalue weighted by molar-refractivity contribution is 6.29. The molecular formula is C12H15ClF4N4O3. The van der Waals surface area contributed by atoms with Gasteiger partial charge in [0, 0.05) is 32.4 Å². The lowest BCUT2D eigenvalue weighted by molar-refractivity contribution is -0.192. The maximum atomic E-state index is 12.3. The number of rotatable bonds is 4. The molecule has 0 spiro atoms. The number of aliphatic carboxylic acids is 1. The van der Waals surface area contributed by atoms with Crippen LogP contribution in [0.1, 0.15) is 5.69 Å². The van der Waals surface area contributed by atoms with Gasteiger partial charge >= 0.3 is 12.1 Å². The summed E-state index contributed by atoms with van der Waals surface area (Å²) < 4.78 is 46.0. The molecule has 1 aromatic rings. The van der Waals surface area contributed by atoms with E-state index in [0.29, 0.717) is 13.1 Å². The van der Waals surface area contributed by atoms with E-state index < -0.39 is 23.7 Å². The zero-order valence-corrected chi connectivity index (χ0v) is 13.0. The van der Waals surface area contributed by atoms with Crippen LogP contribution < -0.4 is 5.32 Å². The van der Waals surface area contributed by atoms with Crippen LogP contribution in [-0.4, -0.2) is 63.1 Å². The van der Waals surface area contributed by atoms with E-state index in [2.05, 4.69) is 15.3 Å². The summed E-state index contributed by atoms with van der Waals surface area (Å²) in [5, 5.41) is 13.7. The Morgan fingerprint density at radius 1 is 1.42 bits per heavy atom. The second kappa shape index (κ2) is 8.83. The summed E-state index contributed by atoms with van der Waals surface area (Å²) in [5.41, 5.74) is -0.805. The van der Waals surface area contributed by atoms with E-state index in [-0.39, 0.29) is 0 Å². The third kappa shape index (κ3) is 6.71. The zero-order chi connectivity index (χ0) is 18.3. The van der Waals surface area contributed by atoms with Gasteiger partial charge in [0.1, 0.15) is 0 Å². The fraction of sp³-hybridized carbons (Fsp3) is 0.583. The molecule has 1 amide bonds. The predicted octanol–water partition coefficient (Wildman–Crippen LogP) is 0.983. The average molecular weight is 375 g/mol. The first-order chi connectivity index (χ1) is 11.1. The van der Waals surface area contributed by atoms with Crippen LogP contribution in [0.15, 0.2) is 12.3 Å². The van der Waals surface area contributed by atoms with Gasteiger partial charge in [0.05, 0.1) is 12.2 Å². The third-order valence-corrected chi connectivity index (χ3v) is 3.18. The van der Waals surface area contributed by atoms with E-state index in [1.807, 2.05) is 10.7 Å². The number of carbonyl (C=O) groups excluding carboxylic acids is 1. The van der Waals surface area contributed by atoms with Crippen LogP contribution in [0.2, 0.25) is 0 Å². The Bertz CT molecular complexity index is 565. The van der Waals surface area contributed by atoms with Crippen molar-refractivity contribution in [3.63, 3.8) is 0 Å². The van der Waals surface area contributed by atoms with Crippen molar-refractivity contribution in [2.24, 2.45) is 0 Å². The molecule has 0 saturated heterocycles. The number of carboxylic acids is 1. The average Bonchev–Trinajstić information content (AvgIpc) is 2.94. The summed E-state index contributed by atoms with van der Waals surface area (Å²) in [6, 6.07) is 1.97. The van der Waals surface area contributed by atoms with Crippen LogP contribution in [-0.2, 0) is 22.7 Å². The summed E-state index contributed by atoms with van der Waals surface area (Å²) in [5.74, 6) is -3.53. The fourth-order valence-corrected chi connectivity index (χ4v) is 1.92. The normalized spacial score (nSPS) is 15.7. The molecule has 1 unspecified atom stereocenters. The van der Waals surface area contributed by atoms with Gasteiger partial charge in [0.25, 0.3) is 11.5 Å².